The molecule has 0 saturated carbocycles. The van der Waals surface area contributed by atoms with Crippen molar-refractivity contribution in [1.29, 1.82) is 0 Å². The highest BCUT2D eigenvalue weighted by atomic mass is 32.2. The van der Waals surface area contributed by atoms with Gasteiger partial charge in [-0.25, -0.2) is 0 Å². The van der Waals surface area contributed by atoms with Crippen LogP contribution >= 0.6 is 11.8 Å². The summed E-state index contributed by atoms with van der Waals surface area (Å²) in [5.41, 5.74) is 2.86. The summed E-state index contributed by atoms with van der Waals surface area (Å²) in [6.45, 7) is 8.61. The first-order valence-electron chi connectivity index (χ1n) is 6.81. The zero-order valence-electron chi connectivity index (χ0n) is 12.4. The monoisotopic (exact) mass is 276 g/mol. The molecule has 0 unspecified atom stereocenters. The van der Waals surface area contributed by atoms with Gasteiger partial charge in [0.1, 0.15) is 0 Å². The number of aromatic nitrogens is 1. The molecule has 0 fully saturated rings. The Morgan fingerprint density at radius 3 is 2.68 bits per heavy atom. The number of nitrogens with zero attached hydrogens (tertiary/aromatic N) is 1. The van der Waals surface area contributed by atoms with Gasteiger partial charge in [0.2, 0.25) is 0 Å². The van der Waals surface area contributed by atoms with Crippen LogP contribution in [0.25, 0.3) is 10.9 Å². The lowest BCUT2D eigenvalue weighted by molar-refractivity contribution is 0.424. The summed E-state index contributed by atoms with van der Waals surface area (Å²) >= 11 is 1.89. The van der Waals surface area contributed by atoms with Crippen molar-refractivity contribution < 1.29 is 0 Å². The molecule has 0 spiro atoms. The minimum Gasteiger partial charge on any atom is -0.347 e. The van der Waals surface area contributed by atoms with E-state index < -0.39 is 0 Å². The third kappa shape index (κ3) is 4.02. The average Bonchev–Trinajstić information content (AvgIpc) is 2.75. The summed E-state index contributed by atoms with van der Waals surface area (Å²) in [5.74, 6) is 1.16. The van der Waals surface area contributed by atoms with Gasteiger partial charge in [-0.15, -0.1) is 0 Å². The first-order chi connectivity index (χ1) is 8.99. The van der Waals surface area contributed by atoms with Gasteiger partial charge in [-0.2, -0.15) is 11.8 Å². The number of aryl methyl sites for hydroxylation is 1. The van der Waals surface area contributed by atoms with E-state index in [1.807, 2.05) is 11.8 Å². The van der Waals surface area contributed by atoms with E-state index >= 15 is 0 Å². The first kappa shape index (κ1) is 14.5. The fraction of sp³-hybridized carbons (Fsp3) is 0.500. The molecule has 0 radical (unpaired) electrons. The van der Waals surface area contributed by atoms with Crippen molar-refractivity contribution in [3.63, 3.8) is 0 Å². The average molecular weight is 276 g/mol. The molecule has 0 amide bonds. The van der Waals surface area contributed by atoms with Gasteiger partial charge < -0.3 is 9.88 Å². The molecule has 2 rings (SSSR count). The summed E-state index contributed by atoms with van der Waals surface area (Å²) < 4.78 is 2.34. The van der Waals surface area contributed by atoms with E-state index in [2.05, 4.69) is 67.4 Å². The molecule has 0 bridgehead atoms. The van der Waals surface area contributed by atoms with Gasteiger partial charge in [0.25, 0.3) is 0 Å². The number of nitrogens with one attached hydrogen (secondary N) is 1. The van der Waals surface area contributed by atoms with E-state index in [0.29, 0.717) is 0 Å². The van der Waals surface area contributed by atoms with Crippen LogP contribution in [0.5, 0.6) is 0 Å². The maximum absolute atomic E-state index is 3.53. The molecule has 19 heavy (non-hydrogen) atoms. The number of fused-ring (bicyclic) bond motifs is 1. The summed E-state index contributed by atoms with van der Waals surface area (Å²) in [5, 5.41) is 4.88. The lowest BCUT2D eigenvalue weighted by Gasteiger charge is -2.20. The SMILES string of the molecule is CSCCn1ccc2cc(CNC(C)(C)C)ccc21. The molecular formula is C16H24N2S. The fourth-order valence-electron chi connectivity index (χ4n) is 2.11. The van der Waals surface area contributed by atoms with Crippen molar-refractivity contribution in [1.82, 2.24) is 9.88 Å². The number of benzene rings is 1. The fourth-order valence-corrected chi connectivity index (χ4v) is 2.49. The zero-order chi connectivity index (χ0) is 13.9. The summed E-state index contributed by atoms with van der Waals surface area (Å²) in [7, 11) is 0. The highest BCUT2D eigenvalue weighted by molar-refractivity contribution is 7.98. The molecule has 2 nitrogen and oxygen atoms in total. The number of hydrogen-bond donors (Lipinski definition) is 1. The lowest BCUT2D eigenvalue weighted by atomic mass is 10.1. The highest BCUT2D eigenvalue weighted by Gasteiger charge is 2.09. The Labute approximate surface area is 120 Å². The topological polar surface area (TPSA) is 17.0 Å². The van der Waals surface area contributed by atoms with E-state index in [4.69, 9.17) is 0 Å². The van der Waals surface area contributed by atoms with Crippen LogP contribution in [0, 0.1) is 0 Å². The Balaban J connectivity index is 2.13. The van der Waals surface area contributed by atoms with Gasteiger partial charge in [0.15, 0.2) is 0 Å². The summed E-state index contributed by atoms with van der Waals surface area (Å²) in [4.78, 5) is 0. The Morgan fingerprint density at radius 1 is 1.21 bits per heavy atom. The molecule has 0 aliphatic carbocycles. The van der Waals surface area contributed by atoms with E-state index in [-0.39, 0.29) is 5.54 Å². The van der Waals surface area contributed by atoms with Crippen LogP contribution in [0.2, 0.25) is 0 Å². The van der Waals surface area contributed by atoms with Crippen LogP contribution in [0.1, 0.15) is 26.3 Å². The minimum atomic E-state index is 0.166. The van der Waals surface area contributed by atoms with Gasteiger partial charge in [0, 0.05) is 36.1 Å². The van der Waals surface area contributed by atoms with Crippen LogP contribution < -0.4 is 5.32 Å². The highest BCUT2D eigenvalue weighted by Crippen LogP contribution is 2.18. The van der Waals surface area contributed by atoms with Gasteiger partial charge in [-0.3, -0.25) is 0 Å². The molecule has 2 aromatic rings. The maximum atomic E-state index is 3.53. The largest absolute Gasteiger partial charge is 0.347 e. The number of rotatable bonds is 5. The van der Waals surface area contributed by atoms with E-state index in [9.17, 15) is 0 Å². The standard InChI is InChI=1S/C16H24N2S/c1-16(2,3)17-12-13-5-6-15-14(11-13)7-8-18(15)9-10-19-4/h5-8,11,17H,9-10,12H2,1-4H3. The number of hydrogen-bond acceptors (Lipinski definition) is 2. The first-order valence-corrected chi connectivity index (χ1v) is 8.21. The van der Waals surface area contributed by atoms with Crippen molar-refractivity contribution in [2.45, 2.75) is 39.4 Å². The predicted molar refractivity (Wildman–Crippen MR) is 86.9 cm³/mol. The second-order valence-electron chi connectivity index (χ2n) is 6.00. The molecule has 1 aromatic carbocycles. The van der Waals surface area contributed by atoms with Crippen LogP contribution in [0.3, 0.4) is 0 Å². The third-order valence-corrected chi connectivity index (χ3v) is 3.79. The van der Waals surface area contributed by atoms with E-state index in [1.54, 1.807) is 0 Å². The maximum Gasteiger partial charge on any atom is 0.0480 e. The predicted octanol–water partition coefficient (Wildman–Crippen LogP) is 3.89. The van der Waals surface area contributed by atoms with Crippen molar-refractivity contribution in [3.05, 3.63) is 36.0 Å². The van der Waals surface area contributed by atoms with Crippen LogP contribution in [0.4, 0.5) is 0 Å². The second kappa shape index (κ2) is 6.02. The molecule has 0 aliphatic rings. The molecule has 0 atom stereocenters. The summed E-state index contributed by atoms with van der Waals surface area (Å²) in [6, 6.07) is 8.99. The zero-order valence-corrected chi connectivity index (χ0v) is 13.2. The molecule has 1 aromatic heterocycles. The Kier molecular flexibility index (Phi) is 4.58. The minimum absolute atomic E-state index is 0.166. The lowest BCUT2D eigenvalue weighted by Crippen LogP contribution is -2.35. The van der Waals surface area contributed by atoms with Crippen molar-refractivity contribution in [3.8, 4) is 0 Å². The van der Waals surface area contributed by atoms with Crippen LogP contribution in [0.15, 0.2) is 30.5 Å². The summed E-state index contributed by atoms with van der Waals surface area (Å²) in [6.07, 6.45) is 4.35. The normalized spacial score (nSPS) is 12.2. The number of thioether (sulfide) groups is 1. The van der Waals surface area contributed by atoms with E-state index in [0.717, 1.165) is 18.8 Å². The molecule has 1 N–H and O–H groups in total. The molecule has 3 heteroatoms. The van der Waals surface area contributed by atoms with Crippen LogP contribution in [-0.2, 0) is 13.1 Å². The van der Waals surface area contributed by atoms with Gasteiger partial charge in [-0.05, 0) is 56.2 Å². The molecule has 104 valence electrons. The molecule has 1 heterocycles. The van der Waals surface area contributed by atoms with Crippen molar-refractivity contribution >= 4 is 22.7 Å². The quantitative estimate of drug-likeness (QED) is 0.892. The van der Waals surface area contributed by atoms with Crippen molar-refractivity contribution in [2.75, 3.05) is 12.0 Å². The Bertz CT molecular complexity index is 537. The smallest absolute Gasteiger partial charge is 0.0480 e. The Morgan fingerprint density at radius 2 is 2.00 bits per heavy atom. The second-order valence-corrected chi connectivity index (χ2v) is 6.98. The molecular weight excluding hydrogens is 252 g/mol. The Hall–Kier alpha value is -0.930. The van der Waals surface area contributed by atoms with Gasteiger partial charge >= 0.3 is 0 Å². The van der Waals surface area contributed by atoms with Gasteiger partial charge in [-0.1, -0.05) is 6.07 Å². The van der Waals surface area contributed by atoms with E-state index in [1.165, 1.54) is 16.5 Å². The van der Waals surface area contributed by atoms with Crippen LogP contribution in [-0.4, -0.2) is 22.1 Å². The molecule has 0 aliphatic heterocycles. The van der Waals surface area contributed by atoms with Crippen molar-refractivity contribution in [2.24, 2.45) is 0 Å². The molecule has 0 saturated heterocycles. The van der Waals surface area contributed by atoms with Gasteiger partial charge in [0.05, 0.1) is 0 Å². The third-order valence-electron chi connectivity index (χ3n) is 3.19.